The topological polar surface area (TPSA) is 178 Å². The summed E-state index contributed by atoms with van der Waals surface area (Å²) in [4.78, 5) is 12.7. The van der Waals surface area contributed by atoms with Gasteiger partial charge < -0.3 is 34.3 Å². The molecule has 1 saturated heterocycles. The molecule has 6 unspecified atom stereocenters. The van der Waals surface area contributed by atoms with Crippen LogP contribution in [0.3, 0.4) is 0 Å². The van der Waals surface area contributed by atoms with Crippen molar-refractivity contribution in [1.29, 1.82) is 0 Å². The molecule has 0 aromatic carbocycles. The average molecular weight is 771 g/mol. The van der Waals surface area contributed by atoms with Crippen LogP contribution in [0.25, 0.3) is 0 Å². The van der Waals surface area contributed by atoms with Crippen molar-refractivity contribution in [2.24, 2.45) is 0 Å². The van der Waals surface area contributed by atoms with Gasteiger partial charge in [-0.1, -0.05) is 119 Å². The number of ether oxygens (including phenoxy) is 4. The standard InChI is InChI=1S/C40H66O12S/c1-3-5-7-9-11-13-15-16-17-18-19-21-23-25-27-29-36(42)50-34(32-48-30-28-26-24-22-20-14-12-10-8-6-4-2)33-49-40-38(44)39(52-53(45,46)47)37(43)35(31-41)51-40/h5,7-8,10-11,13,16-17,19,21,25,27,34-35,37-41,43-44H,3-4,6,9,12,14-15,18,20,22-24,26,28-33H2,1-2H3,(H,45,46,47)/b7-5-,10-8-,13-11-,17-16-,21-19-,27-25-. The molecule has 0 aromatic rings. The molecule has 1 heterocycles. The number of rotatable bonds is 31. The van der Waals surface area contributed by atoms with Crippen molar-refractivity contribution in [2.45, 2.75) is 147 Å². The van der Waals surface area contributed by atoms with Crippen LogP contribution in [0.4, 0.5) is 0 Å². The van der Waals surface area contributed by atoms with E-state index in [9.17, 15) is 28.5 Å². The van der Waals surface area contributed by atoms with Crippen LogP contribution in [-0.4, -0.2) is 97.5 Å². The van der Waals surface area contributed by atoms with Gasteiger partial charge in [0.2, 0.25) is 0 Å². The molecular formula is C40H66O12S. The summed E-state index contributed by atoms with van der Waals surface area (Å²) in [6, 6.07) is 0. The maximum absolute atomic E-state index is 12.7. The lowest BCUT2D eigenvalue weighted by Gasteiger charge is -2.41. The average Bonchev–Trinajstić information content (AvgIpc) is 3.12. The maximum Gasteiger partial charge on any atom is 0.397 e. The molecule has 12 nitrogen and oxygen atoms in total. The summed E-state index contributed by atoms with van der Waals surface area (Å²) in [5.41, 5.74) is 0. The van der Waals surface area contributed by atoms with E-state index in [2.05, 4.69) is 72.7 Å². The largest absolute Gasteiger partial charge is 0.457 e. The highest BCUT2D eigenvalue weighted by molar-refractivity contribution is 7.80. The van der Waals surface area contributed by atoms with Crippen LogP contribution in [0.15, 0.2) is 72.9 Å². The first kappa shape index (κ1) is 48.6. The zero-order chi connectivity index (χ0) is 39.0. The number of allylic oxidation sites excluding steroid dienone is 11. The van der Waals surface area contributed by atoms with Gasteiger partial charge in [-0.05, 0) is 57.8 Å². The highest BCUT2D eigenvalue weighted by atomic mass is 32.3. The summed E-state index contributed by atoms with van der Waals surface area (Å²) >= 11 is 0. The molecular weight excluding hydrogens is 704 g/mol. The van der Waals surface area contributed by atoms with Gasteiger partial charge in [-0.25, -0.2) is 4.18 Å². The molecule has 1 aliphatic heterocycles. The van der Waals surface area contributed by atoms with Crippen molar-refractivity contribution in [3.05, 3.63) is 72.9 Å². The Labute approximate surface area is 318 Å². The van der Waals surface area contributed by atoms with Gasteiger partial charge in [0.05, 0.1) is 26.2 Å². The third kappa shape index (κ3) is 26.1. The van der Waals surface area contributed by atoms with Gasteiger partial charge in [0.1, 0.15) is 30.5 Å². The van der Waals surface area contributed by atoms with Crippen LogP contribution in [0.1, 0.15) is 110 Å². The summed E-state index contributed by atoms with van der Waals surface area (Å²) in [6.07, 6.45) is 29.8. The van der Waals surface area contributed by atoms with Crippen molar-refractivity contribution in [1.82, 2.24) is 0 Å². The smallest absolute Gasteiger partial charge is 0.397 e. The van der Waals surface area contributed by atoms with Gasteiger partial charge in [-0.15, -0.1) is 0 Å². The predicted octanol–water partition coefficient (Wildman–Crippen LogP) is 6.79. The molecule has 1 rings (SSSR count). The predicted molar refractivity (Wildman–Crippen MR) is 206 cm³/mol. The van der Waals surface area contributed by atoms with Crippen LogP contribution < -0.4 is 0 Å². The van der Waals surface area contributed by atoms with E-state index in [1.165, 1.54) is 19.3 Å². The van der Waals surface area contributed by atoms with Crippen molar-refractivity contribution in [3.8, 4) is 0 Å². The van der Waals surface area contributed by atoms with E-state index in [1.54, 1.807) is 6.08 Å². The normalized spacial score (nSPS) is 22.1. The Balaban J connectivity index is 2.60. The Morgan fingerprint density at radius 3 is 1.89 bits per heavy atom. The summed E-state index contributed by atoms with van der Waals surface area (Å²) < 4.78 is 58.6. The number of carbonyl (C=O) groups excluding carboxylic acids is 1. The minimum atomic E-state index is -5.07. The third-order valence-corrected chi connectivity index (χ3v) is 8.54. The van der Waals surface area contributed by atoms with E-state index in [0.717, 1.165) is 64.2 Å². The molecule has 0 aliphatic carbocycles. The van der Waals surface area contributed by atoms with Crippen molar-refractivity contribution in [2.75, 3.05) is 26.4 Å². The maximum atomic E-state index is 12.7. The molecule has 53 heavy (non-hydrogen) atoms. The molecule has 4 N–H and O–H groups in total. The van der Waals surface area contributed by atoms with E-state index in [1.807, 2.05) is 12.2 Å². The zero-order valence-electron chi connectivity index (χ0n) is 31.8. The summed E-state index contributed by atoms with van der Waals surface area (Å²) in [5, 5.41) is 30.5. The van der Waals surface area contributed by atoms with E-state index in [4.69, 9.17) is 23.5 Å². The van der Waals surface area contributed by atoms with Crippen LogP contribution in [0, 0.1) is 0 Å². The van der Waals surface area contributed by atoms with Crippen LogP contribution in [0.5, 0.6) is 0 Å². The molecule has 1 aliphatic rings. The summed E-state index contributed by atoms with van der Waals surface area (Å²) in [7, 11) is -5.07. The first-order chi connectivity index (χ1) is 25.6. The molecule has 13 heteroatoms. The second kappa shape index (κ2) is 31.8. The van der Waals surface area contributed by atoms with Crippen LogP contribution in [0.2, 0.25) is 0 Å². The molecule has 304 valence electrons. The fraction of sp³-hybridized carbons (Fsp3) is 0.675. The van der Waals surface area contributed by atoms with Gasteiger partial charge >= 0.3 is 16.4 Å². The number of hydrogen-bond donors (Lipinski definition) is 4. The Morgan fingerprint density at radius 2 is 1.30 bits per heavy atom. The van der Waals surface area contributed by atoms with Crippen LogP contribution >= 0.6 is 0 Å². The first-order valence-electron chi connectivity index (χ1n) is 19.2. The van der Waals surface area contributed by atoms with E-state index in [0.29, 0.717) is 13.0 Å². The Hall–Kier alpha value is -2.46. The lowest BCUT2D eigenvalue weighted by atomic mass is 9.99. The van der Waals surface area contributed by atoms with E-state index < -0.39 is 59.8 Å². The Kier molecular flexibility index (Phi) is 29.2. The van der Waals surface area contributed by atoms with Gasteiger partial charge in [0, 0.05) is 6.61 Å². The third-order valence-electron chi connectivity index (χ3n) is 8.08. The fourth-order valence-electron chi connectivity index (χ4n) is 5.22. The van der Waals surface area contributed by atoms with Gasteiger partial charge in [0.15, 0.2) is 6.29 Å². The number of esters is 1. The molecule has 0 saturated carbocycles. The monoisotopic (exact) mass is 770 g/mol. The first-order valence-corrected chi connectivity index (χ1v) is 20.6. The second-order valence-corrected chi connectivity index (χ2v) is 13.8. The quantitative estimate of drug-likeness (QED) is 0.0252. The number of hydrogen-bond acceptors (Lipinski definition) is 11. The minimum absolute atomic E-state index is 0.00399. The van der Waals surface area contributed by atoms with Gasteiger partial charge in [0.25, 0.3) is 0 Å². The summed E-state index contributed by atoms with van der Waals surface area (Å²) in [5.74, 6) is -0.533. The van der Waals surface area contributed by atoms with E-state index >= 15 is 0 Å². The van der Waals surface area contributed by atoms with Crippen molar-refractivity contribution in [3.63, 3.8) is 0 Å². The molecule has 0 amide bonds. The van der Waals surface area contributed by atoms with Crippen molar-refractivity contribution >= 4 is 16.4 Å². The second-order valence-electron chi connectivity index (χ2n) is 12.8. The number of carbonyl (C=O) groups is 1. The summed E-state index contributed by atoms with van der Waals surface area (Å²) in [6.45, 7) is 3.63. The molecule has 6 atom stereocenters. The molecule has 0 bridgehead atoms. The lowest BCUT2D eigenvalue weighted by molar-refractivity contribution is -0.301. The minimum Gasteiger partial charge on any atom is -0.457 e. The number of unbranched alkanes of at least 4 members (excludes halogenated alkanes) is 7. The SMILES string of the molecule is CC/C=C\C/C=C\C/C=C\C/C=C\C/C=C\CC(=O)OC(COCCCCCCCC/C=C\CCC)COC1OC(CO)C(O)C(OS(=O)(=O)O)C1O. The van der Waals surface area contributed by atoms with Gasteiger partial charge in [-0.2, -0.15) is 8.42 Å². The van der Waals surface area contributed by atoms with Crippen molar-refractivity contribution < 1.29 is 56.2 Å². The van der Waals surface area contributed by atoms with Crippen LogP contribution in [-0.2, 0) is 38.3 Å². The Morgan fingerprint density at radius 1 is 0.736 bits per heavy atom. The molecule has 0 radical (unpaired) electrons. The lowest BCUT2D eigenvalue weighted by Crippen LogP contribution is -2.60. The molecule has 1 fully saturated rings. The Bertz CT molecular complexity index is 1210. The molecule has 0 spiro atoms. The molecule has 0 aromatic heterocycles. The number of aliphatic hydroxyl groups is 3. The zero-order valence-corrected chi connectivity index (χ0v) is 32.6. The van der Waals surface area contributed by atoms with E-state index in [-0.39, 0.29) is 19.6 Å². The van der Waals surface area contributed by atoms with Gasteiger partial charge in [-0.3, -0.25) is 9.35 Å². The fourth-order valence-corrected chi connectivity index (χ4v) is 5.73. The highest BCUT2D eigenvalue weighted by Gasteiger charge is 2.48. The number of aliphatic hydroxyl groups excluding tert-OH is 3. The highest BCUT2D eigenvalue weighted by Crippen LogP contribution is 2.26.